The van der Waals surface area contributed by atoms with Crippen LogP contribution in [0.2, 0.25) is 5.15 Å². The van der Waals surface area contributed by atoms with Gasteiger partial charge < -0.3 is 9.64 Å². The molecule has 2 aromatic rings. The Balaban J connectivity index is 1.87. The van der Waals surface area contributed by atoms with Crippen LogP contribution in [0.5, 0.6) is 0 Å². The molecule has 2 atom stereocenters. The molecule has 11 heteroatoms. The normalized spacial score (nSPS) is 22.5. The van der Waals surface area contributed by atoms with Gasteiger partial charge in [0.15, 0.2) is 0 Å². The molecule has 4 heterocycles. The van der Waals surface area contributed by atoms with E-state index in [1.165, 1.54) is 29.0 Å². The summed E-state index contributed by atoms with van der Waals surface area (Å²) in [4.78, 5) is 24.0. The SMILES string of the molecule is CC1COCCN1c1cc(=O)n2c(n1)N(c1ccnc(Cl)c1)[C@H](C(F)(F)F)CC2. The lowest BCUT2D eigenvalue weighted by molar-refractivity contribution is -0.150. The van der Waals surface area contributed by atoms with E-state index < -0.39 is 17.8 Å². The summed E-state index contributed by atoms with van der Waals surface area (Å²) in [6, 6.07) is 2.26. The highest BCUT2D eigenvalue weighted by Crippen LogP contribution is 2.39. The first kappa shape index (κ1) is 20.0. The van der Waals surface area contributed by atoms with Gasteiger partial charge in [-0.1, -0.05) is 11.6 Å². The minimum atomic E-state index is -4.51. The lowest BCUT2D eigenvalue weighted by atomic mass is 10.1. The third-order valence-electron chi connectivity index (χ3n) is 5.16. The van der Waals surface area contributed by atoms with Crippen molar-refractivity contribution in [1.29, 1.82) is 0 Å². The summed E-state index contributed by atoms with van der Waals surface area (Å²) in [5, 5.41) is 0.0563. The van der Waals surface area contributed by atoms with E-state index in [4.69, 9.17) is 16.3 Å². The number of morpholine rings is 1. The summed E-state index contributed by atoms with van der Waals surface area (Å²) < 4.78 is 48.2. The molecule has 0 radical (unpaired) electrons. The van der Waals surface area contributed by atoms with E-state index in [1.54, 1.807) is 0 Å². The summed E-state index contributed by atoms with van der Waals surface area (Å²) in [7, 11) is 0. The molecule has 0 aromatic carbocycles. The number of nitrogens with zero attached hydrogens (tertiary/aromatic N) is 5. The average molecular weight is 430 g/mol. The molecular weight excluding hydrogens is 411 g/mol. The maximum Gasteiger partial charge on any atom is 0.409 e. The number of rotatable bonds is 2. The van der Waals surface area contributed by atoms with Gasteiger partial charge in [0.2, 0.25) is 5.95 Å². The van der Waals surface area contributed by atoms with Crippen LogP contribution in [-0.2, 0) is 11.3 Å². The molecule has 1 fully saturated rings. The molecule has 2 aliphatic rings. The highest BCUT2D eigenvalue weighted by molar-refractivity contribution is 6.29. The Bertz CT molecular complexity index is 967. The quantitative estimate of drug-likeness (QED) is 0.684. The summed E-state index contributed by atoms with van der Waals surface area (Å²) in [6.45, 7) is 3.26. The fraction of sp³-hybridized carbons (Fsp3) is 0.500. The second-order valence-corrected chi connectivity index (χ2v) is 7.46. The molecule has 7 nitrogen and oxygen atoms in total. The van der Waals surface area contributed by atoms with Gasteiger partial charge in [-0.2, -0.15) is 18.2 Å². The van der Waals surface area contributed by atoms with Crippen LogP contribution in [0.25, 0.3) is 0 Å². The monoisotopic (exact) mass is 429 g/mol. The molecule has 29 heavy (non-hydrogen) atoms. The van der Waals surface area contributed by atoms with Gasteiger partial charge in [0.05, 0.1) is 19.3 Å². The number of aromatic nitrogens is 3. The highest BCUT2D eigenvalue weighted by atomic mass is 35.5. The number of hydrogen-bond donors (Lipinski definition) is 0. The van der Waals surface area contributed by atoms with Crippen LogP contribution >= 0.6 is 11.6 Å². The second-order valence-electron chi connectivity index (χ2n) is 7.07. The van der Waals surface area contributed by atoms with Crippen molar-refractivity contribution >= 4 is 29.1 Å². The van der Waals surface area contributed by atoms with Crippen LogP contribution in [0.4, 0.5) is 30.6 Å². The molecular formula is C18H19ClF3N5O2. The molecule has 0 saturated carbocycles. The molecule has 0 amide bonds. The molecule has 1 unspecified atom stereocenters. The molecule has 4 rings (SSSR count). The molecule has 156 valence electrons. The van der Waals surface area contributed by atoms with Gasteiger partial charge in [0.1, 0.15) is 17.0 Å². The standard InChI is InChI=1S/C18H19ClF3N5O2/c1-11-10-29-7-6-25(11)15-9-16(28)26-5-3-13(18(20,21)22)27(17(26)24-15)12-2-4-23-14(19)8-12/h2,4,8-9,11,13H,3,5-7,10H2,1H3/t11?,13-/m0/s1. The minimum absolute atomic E-state index is 0.0514. The minimum Gasteiger partial charge on any atom is -0.377 e. The number of alkyl halides is 3. The Hall–Kier alpha value is -2.33. The Morgan fingerprint density at radius 1 is 1.28 bits per heavy atom. The van der Waals surface area contributed by atoms with Gasteiger partial charge in [0.25, 0.3) is 5.56 Å². The van der Waals surface area contributed by atoms with Gasteiger partial charge >= 0.3 is 6.18 Å². The third-order valence-corrected chi connectivity index (χ3v) is 5.36. The number of hydrogen-bond acceptors (Lipinski definition) is 6. The molecule has 1 saturated heterocycles. The summed E-state index contributed by atoms with van der Waals surface area (Å²) in [5.74, 6) is 0.284. The predicted molar refractivity (Wildman–Crippen MR) is 102 cm³/mol. The molecule has 2 aromatic heterocycles. The fourth-order valence-electron chi connectivity index (χ4n) is 3.76. The van der Waals surface area contributed by atoms with Gasteiger partial charge in [-0.3, -0.25) is 14.3 Å². The smallest absolute Gasteiger partial charge is 0.377 e. The number of halogens is 4. The van der Waals surface area contributed by atoms with E-state index in [0.29, 0.717) is 25.6 Å². The first-order valence-corrected chi connectivity index (χ1v) is 9.57. The Morgan fingerprint density at radius 2 is 2.07 bits per heavy atom. The zero-order chi connectivity index (χ0) is 20.8. The third kappa shape index (κ3) is 3.78. The van der Waals surface area contributed by atoms with E-state index in [9.17, 15) is 18.0 Å². The summed E-state index contributed by atoms with van der Waals surface area (Å²) in [6.07, 6.45) is -3.46. The van der Waals surface area contributed by atoms with Crippen molar-refractivity contribution in [3.05, 3.63) is 39.9 Å². The van der Waals surface area contributed by atoms with Gasteiger partial charge in [-0.25, -0.2) is 4.98 Å². The largest absolute Gasteiger partial charge is 0.409 e. The van der Waals surface area contributed by atoms with Crippen LogP contribution in [0.3, 0.4) is 0 Å². The van der Waals surface area contributed by atoms with Crippen molar-refractivity contribution in [1.82, 2.24) is 14.5 Å². The van der Waals surface area contributed by atoms with E-state index in [0.717, 1.165) is 4.90 Å². The molecule has 2 aliphatic heterocycles. The highest BCUT2D eigenvalue weighted by Gasteiger charge is 2.47. The fourth-order valence-corrected chi connectivity index (χ4v) is 3.93. The zero-order valence-electron chi connectivity index (χ0n) is 15.6. The van der Waals surface area contributed by atoms with E-state index in [2.05, 4.69) is 9.97 Å². The second kappa shape index (κ2) is 7.49. The van der Waals surface area contributed by atoms with Crippen molar-refractivity contribution < 1.29 is 17.9 Å². The van der Waals surface area contributed by atoms with Crippen LogP contribution in [0, 0.1) is 0 Å². The van der Waals surface area contributed by atoms with Crippen molar-refractivity contribution in [2.45, 2.75) is 38.1 Å². The first-order chi connectivity index (χ1) is 13.8. The van der Waals surface area contributed by atoms with E-state index in [1.807, 2.05) is 11.8 Å². The van der Waals surface area contributed by atoms with Crippen LogP contribution in [0.1, 0.15) is 13.3 Å². The van der Waals surface area contributed by atoms with Gasteiger partial charge in [-0.05, 0) is 25.5 Å². The van der Waals surface area contributed by atoms with Crippen LogP contribution in [0.15, 0.2) is 29.2 Å². The van der Waals surface area contributed by atoms with Crippen molar-refractivity contribution in [2.24, 2.45) is 0 Å². The molecule has 0 spiro atoms. The van der Waals surface area contributed by atoms with Crippen molar-refractivity contribution in [2.75, 3.05) is 29.6 Å². The maximum atomic E-state index is 13.9. The number of ether oxygens (including phenoxy) is 1. The van der Waals surface area contributed by atoms with E-state index in [-0.39, 0.29) is 35.8 Å². The van der Waals surface area contributed by atoms with Crippen molar-refractivity contribution in [3.63, 3.8) is 0 Å². The maximum absolute atomic E-state index is 13.9. The Kier molecular flexibility index (Phi) is 5.16. The first-order valence-electron chi connectivity index (χ1n) is 9.19. The summed E-state index contributed by atoms with van der Waals surface area (Å²) >= 11 is 5.93. The van der Waals surface area contributed by atoms with Gasteiger partial charge in [0, 0.05) is 31.0 Å². The topological polar surface area (TPSA) is 63.5 Å². The van der Waals surface area contributed by atoms with Crippen LogP contribution in [-0.4, -0.2) is 52.6 Å². The number of anilines is 3. The van der Waals surface area contributed by atoms with Gasteiger partial charge in [-0.15, -0.1) is 0 Å². The predicted octanol–water partition coefficient (Wildman–Crippen LogP) is 2.99. The Labute approximate surface area is 169 Å². The van der Waals surface area contributed by atoms with Crippen molar-refractivity contribution in [3.8, 4) is 0 Å². The molecule has 0 aliphatic carbocycles. The average Bonchev–Trinajstić information content (AvgIpc) is 2.66. The lowest BCUT2D eigenvalue weighted by Gasteiger charge is -2.40. The van der Waals surface area contributed by atoms with E-state index >= 15 is 0 Å². The number of pyridine rings is 1. The lowest BCUT2D eigenvalue weighted by Crippen LogP contribution is -2.51. The zero-order valence-corrected chi connectivity index (χ0v) is 16.3. The molecule has 0 N–H and O–H groups in total. The number of fused-ring (bicyclic) bond motifs is 1. The summed E-state index contributed by atoms with van der Waals surface area (Å²) in [5.41, 5.74) is -0.214. The Morgan fingerprint density at radius 3 is 2.76 bits per heavy atom. The molecule has 0 bridgehead atoms. The van der Waals surface area contributed by atoms with Crippen LogP contribution < -0.4 is 15.4 Å².